The van der Waals surface area contributed by atoms with Gasteiger partial charge in [-0.1, -0.05) is 38.1 Å². The molecule has 0 saturated carbocycles. The summed E-state index contributed by atoms with van der Waals surface area (Å²) in [6, 6.07) is 12.0. The number of ketones is 1. The monoisotopic (exact) mass is 284 g/mol. The molecule has 0 aliphatic carbocycles. The van der Waals surface area contributed by atoms with Gasteiger partial charge in [-0.2, -0.15) is 0 Å². The molecule has 0 atom stereocenters. The predicted molar refractivity (Wildman–Crippen MR) is 87.5 cm³/mol. The van der Waals surface area contributed by atoms with Crippen molar-refractivity contribution in [1.82, 2.24) is 9.88 Å². The molecular formula is C18H24N2O. The molecule has 0 N–H and O–H groups in total. The van der Waals surface area contributed by atoms with Gasteiger partial charge in [-0.25, -0.2) is 0 Å². The molecule has 1 heterocycles. The number of hydrogen-bond donors (Lipinski definition) is 0. The molecule has 112 valence electrons. The van der Waals surface area contributed by atoms with E-state index in [-0.39, 0.29) is 5.78 Å². The van der Waals surface area contributed by atoms with Crippen LogP contribution in [0.25, 0.3) is 10.9 Å². The van der Waals surface area contributed by atoms with E-state index in [1.807, 2.05) is 50.2 Å². The van der Waals surface area contributed by atoms with Crippen LogP contribution in [0.1, 0.15) is 33.4 Å². The fraction of sp³-hybridized carbons (Fsp3) is 0.444. The van der Waals surface area contributed by atoms with Crippen LogP contribution in [0.5, 0.6) is 0 Å². The van der Waals surface area contributed by atoms with E-state index >= 15 is 0 Å². The number of rotatable bonds is 6. The standard InChI is InChI=1S/C18H24N2O/c1-5-20(6-2)18(3,4)17(21)13-15-12-11-14-9-7-8-10-16(14)19-15/h7-12H,5-6,13H2,1-4H3. The average molecular weight is 284 g/mol. The number of pyridine rings is 1. The Balaban J connectivity index is 2.21. The van der Waals surface area contributed by atoms with Crippen molar-refractivity contribution >= 4 is 16.7 Å². The second-order valence-corrected chi connectivity index (χ2v) is 5.83. The summed E-state index contributed by atoms with van der Waals surface area (Å²) in [4.78, 5) is 19.4. The molecule has 0 unspecified atom stereocenters. The Labute approximate surface area is 127 Å². The van der Waals surface area contributed by atoms with E-state index in [9.17, 15) is 4.79 Å². The summed E-state index contributed by atoms with van der Waals surface area (Å²) >= 11 is 0. The Morgan fingerprint density at radius 1 is 1.10 bits per heavy atom. The van der Waals surface area contributed by atoms with E-state index in [0.29, 0.717) is 6.42 Å². The molecule has 2 rings (SSSR count). The van der Waals surface area contributed by atoms with Crippen LogP contribution in [0, 0.1) is 0 Å². The highest BCUT2D eigenvalue weighted by Gasteiger charge is 2.32. The molecular weight excluding hydrogens is 260 g/mol. The van der Waals surface area contributed by atoms with Crippen molar-refractivity contribution in [2.45, 2.75) is 39.7 Å². The number of Topliss-reactive ketones (excluding diaryl/α,β-unsaturated/α-hetero) is 1. The summed E-state index contributed by atoms with van der Waals surface area (Å²) < 4.78 is 0. The summed E-state index contributed by atoms with van der Waals surface area (Å²) in [5, 5.41) is 1.11. The van der Waals surface area contributed by atoms with Gasteiger partial charge in [0.1, 0.15) is 0 Å². The number of para-hydroxylation sites is 1. The maximum Gasteiger partial charge on any atom is 0.158 e. The van der Waals surface area contributed by atoms with Gasteiger partial charge in [0.25, 0.3) is 0 Å². The second kappa shape index (κ2) is 6.35. The molecule has 0 saturated heterocycles. The molecule has 0 aliphatic rings. The summed E-state index contributed by atoms with van der Waals surface area (Å²) in [7, 11) is 0. The van der Waals surface area contributed by atoms with Crippen molar-refractivity contribution < 1.29 is 4.79 Å². The third-order valence-corrected chi connectivity index (χ3v) is 4.23. The topological polar surface area (TPSA) is 33.2 Å². The zero-order valence-electron chi connectivity index (χ0n) is 13.4. The smallest absolute Gasteiger partial charge is 0.158 e. The Kier molecular flexibility index (Phi) is 4.73. The lowest BCUT2D eigenvalue weighted by Crippen LogP contribution is -2.50. The van der Waals surface area contributed by atoms with Crippen LogP contribution < -0.4 is 0 Å². The zero-order chi connectivity index (χ0) is 15.5. The zero-order valence-corrected chi connectivity index (χ0v) is 13.4. The minimum absolute atomic E-state index is 0.217. The summed E-state index contributed by atoms with van der Waals surface area (Å²) in [6.45, 7) is 9.94. The van der Waals surface area contributed by atoms with Crippen molar-refractivity contribution in [3.8, 4) is 0 Å². The van der Waals surface area contributed by atoms with Gasteiger partial charge in [-0.05, 0) is 39.1 Å². The molecule has 0 fully saturated rings. The molecule has 1 aromatic heterocycles. The summed E-state index contributed by atoms with van der Waals surface area (Å²) in [6.07, 6.45) is 0.383. The Bertz CT molecular complexity index is 630. The van der Waals surface area contributed by atoms with Gasteiger partial charge in [0.2, 0.25) is 0 Å². The maximum absolute atomic E-state index is 12.6. The van der Waals surface area contributed by atoms with Crippen LogP contribution in [-0.4, -0.2) is 34.3 Å². The molecule has 3 heteroatoms. The Morgan fingerprint density at radius 3 is 2.43 bits per heavy atom. The van der Waals surface area contributed by atoms with Crippen molar-refractivity contribution in [2.24, 2.45) is 0 Å². The van der Waals surface area contributed by atoms with Gasteiger partial charge in [-0.15, -0.1) is 0 Å². The number of benzene rings is 1. The fourth-order valence-corrected chi connectivity index (χ4v) is 2.78. The number of hydrogen-bond acceptors (Lipinski definition) is 3. The first-order valence-corrected chi connectivity index (χ1v) is 7.62. The molecule has 2 aromatic rings. The summed E-state index contributed by atoms with van der Waals surface area (Å²) in [5.41, 5.74) is 1.35. The lowest BCUT2D eigenvalue weighted by molar-refractivity contribution is -0.128. The van der Waals surface area contributed by atoms with E-state index in [0.717, 1.165) is 29.7 Å². The van der Waals surface area contributed by atoms with Crippen molar-refractivity contribution in [3.63, 3.8) is 0 Å². The molecule has 1 aromatic carbocycles. The fourth-order valence-electron chi connectivity index (χ4n) is 2.78. The van der Waals surface area contributed by atoms with Gasteiger partial charge in [0.15, 0.2) is 5.78 Å². The van der Waals surface area contributed by atoms with Crippen LogP contribution in [0.2, 0.25) is 0 Å². The molecule has 0 bridgehead atoms. The first-order chi connectivity index (χ1) is 9.98. The van der Waals surface area contributed by atoms with Crippen LogP contribution in [0.4, 0.5) is 0 Å². The number of carbonyl (C=O) groups is 1. The lowest BCUT2D eigenvalue weighted by atomic mass is 9.93. The summed E-state index contributed by atoms with van der Waals surface area (Å²) in [5.74, 6) is 0.217. The van der Waals surface area contributed by atoms with Crippen LogP contribution in [0.15, 0.2) is 36.4 Å². The lowest BCUT2D eigenvalue weighted by Gasteiger charge is -2.35. The number of carbonyl (C=O) groups excluding carboxylic acids is 1. The van der Waals surface area contributed by atoms with Crippen molar-refractivity contribution in [3.05, 3.63) is 42.1 Å². The van der Waals surface area contributed by atoms with Gasteiger partial charge in [0.05, 0.1) is 17.5 Å². The first-order valence-electron chi connectivity index (χ1n) is 7.62. The minimum atomic E-state index is -0.448. The first kappa shape index (κ1) is 15.6. The highest BCUT2D eigenvalue weighted by Crippen LogP contribution is 2.19. The molecule has 21 heavy (non-hydrogen) atoms. The van der Waals surface area contributed by atoms with Gasteiger partial charge in [-0.3, -0.25) is 14.7 Å². The average Bonchev–Trinajstić information content (AvgIpc) is 2.48. The van der Waals surface area contributed by atoms with Crippen LogP contribution in [-0.2, 0) is 11.2 Å². The third kappa shape index (κ3) is 3.30. The van der Waals surface area contributed by atoms with Gasteiger partial charge < -0.3 is 0 Å². The number of aromatic nitrogens is 1. The Hall–Kier alpha value is -1.74. The molecule has 0 radical (unpaired) electrons. The van der Waals surface area contributed by atoms with E-state index in [2.05, 4.69) is 23.7 Å². The predicted octanol–water partition coefficient (Wildman–Crippen LogP) is 3.47. The quantitative estimate of drug-likeness (QED) is 0.814. The number of fused-ring (bicyclic) bond motifs is 1. The normalized spacial score (nSPS) is 12.0. The largest absolute Gasteiger partial charge is 0.297 e. The van der Waals surface area contributed by atoms with Crippen molar-refractivity contribution in [1.29, 1.82) is 0 Å². The SMILES string of the molecule is CCN(CC)C(C)(C)C(=O)Cc1ccc2ccccc2n1. The highest BCUT2D eigenvalue weighted by atomic mass is 16.1. The second-order valence-electron chi connectivity index (χ2n) is 5.83. The van der Waals surface area contributed by atoms with Gasteiger partial charge in [0, 0.05) is 11.1 Å². The van der Waals surface area contributed by atoms with E-state index in [1.165, 1.54) is 0 Å². The molecule has 3 nitrogen and oxygen atoms in total. The minimum Gasteiger partial charge on any atom is -0.297 e. The third-order valence-electron chi connectivity index (χ3n) is 4.23. The van der Waals surface area contributed by atoms with Crippen molar-refractivity contribution in [2.75, 3.05) is 13.1 Å². The van der Waals surface area contributed by atoms with Gasteiger partial charge >= 0.3 is 0 Å². The molecule has 0 aliphatic heterocycles. The van der Waals surface area contributed by atoms with Crippen LogP contribution >= 0.6 is 0 Å². The van der Waals surface area contributed by atoms with E-state index < -0.39 is 5.54 Å². The number of nitrogens with zero attached hydrogens (tertiary/aromatic N) is 2. The number of likely N-dealkylation sites (N-methyl/N-ethyl adjacent to an activating group) is 1. The molecule has 0 amide bonds. The highest BCUT2D eigenvalue weighted by molar-refractivity contribution is 5.89. The maximum atomic E-state index is 12.6. The Morgan fingerprint density at radius 2 is 1.76 bits per heavy atom. The molecule has 0 spiro atoms. The van der Waals surface area contributed by atoms with E-state index in [4.69, 9.17) is 0 Å². The van der Waals surface area contributed by atoms with Crippen LogP contribution in [0.3, 0.4) is 0 Å². The van der Waals surface area contributed by atoms with E-state index in [1.54, 1.807) is 0 Å².